The fourth-order valence-electron chi connectivity index (χ4n) is 4.35. The summed E-state index contributed by atoms with van der Waals surface area (Å²) in [5.74, 6) is 0.785. The molecular formula is C22H29N5O3. The van der Waals surface area contributed by atoms with Gasteiger partial charge in [0, 0.05) is 33.7 Å². The molecule has 1 aliphatic heterocycles. The summed E-state index contributed by atoms with van der Waals surface area (Å²) in [6.45, 7) is 8.92. The molecule has 0 spiro atoms. The maximum Gasteiger partial charge on any atom is 0.332 e. The molecule has 2 aromatic heterocycles. The van der Waals surface area contributed by atoms with Crippen molar-refractivity contribution in [2.75, 3.05) is 13.1 Å². The molecule has 4 rings (SSSR count). The van der Waals surface area contributed by atoms with Gasteiger partial charge in [0.1, 0.15) is 5.82 Å². The quantitative estimate of drug-likeness (QED) is 0.649. The minimum Gasteiger partial charge on any atom is -0.373 e. The highest BCUT2D eigenvalue weighted by Gasteiger charge is 2.26. The normalized spacial score (nSPS) is 20.2. The molecule has 8 heteroatoms. The molecule has 3 aromatic rings. The van der Waals surface area contributed by atoms with Crippen LogP contribution in [0.15, 0.2) is 33.9 Å². The second-order valence-corrected chi connectivity index (χ2v) is 8.37. The summed E-state index contributed by atoms with van der Waals surface area (Å²) in [6, 6.07) is 8.13. The van der Waals surface area contributed by atoms with Gasteiger partial charge in [-0.05, 0) is 31.9 Å². The largest absolute Gasteiger partial charge is 0.373 e. The first-order valence-electron chi connectivity index (χ1n) is 10.3. The van der Waals surface area contributed by atoms with Gasteiger partial charge >= 0.3 is 5.69 Å². The van der Waals surface area contributed by atoms with E-state index in [4.69, 9.17) is 9.72 Å². The Bertz CT molecular complexity index is 1200. The number of nitrogens with zero attached hydrogens (tertiary/aromatic N) is 5. The zero-order valence-corrected chi connectivity index (χ0v) is 18.3. The number of hydrogen-bond donors (Lipinski definition) is 0. The maximum absolute atomic E-state index is 13.1. The topological polar surface area (TPSA) is 74.3 Å². The number of morpholine rings is 1. The zero-order chi connectivity index (χ0) is 21.6. The van der Waals surface area contributed by atoms with Gasteiger partial charge < -0.3 is 9.30 Å². The summed E-state index contributed by atoms with van der Waals surface area (Å²) in [7, 11) is 3.18. The summed E-state index contributed by atoms with van der Waals surface area (Å²) < 4.78 is 10.4. The van der Waals surface area contributed by atoms with Crippen molar-refractivity contribution in [1.82, 2.24) is 23.6 Å². The molecule has 2 atom stereocenters. The summed E-state index contributed by atoms with van der Waals surface area (Å²) in [6.07, 6.45) is 0.278. The van der Waals surface area contributed by atoms with E-state index >= 15 is 0 Å². The summed E-state index contributed by atoms with van der Waals surface area (Å²) >= 11 is 0. The van der Waals surface area contributed by atoms with Gasteiger partial charge in [-0.3, -0.25) is 18.8 Å². The molecule has 1 fully saturated rings. The van der Waals surface area contributed by atoms with E-state index in [-0.39, 0.29) is 23.5 Å². The van der Waals surface area contributed by atoms with Gasteiger partial charge in [-0.2, -0.15) is 0 Å². The van der Waals surface area contributed by atoms with Gasteiger partial charge in [0.05, 0.1) is 18.8 Å². The molecule has 1 aromatic carbocycles. The summed E-state index contributed by atoms with van der Waals surface area (Å²) in [4.78, 5) is 32.6. The van der Waals surface area contributed by atoms with Gasteiger partial charge in [-0.1, -0.05) is 24.3 Å². The van der Waals surface area contributed by atoms with E-state index in [0.29, 0.717) is 24.3 Å². The van der Waals surface area contributed by atoms with Crippen molar-refractivity contribution in [2.45, 2.75) is 46.1 Å². The first-order valence-corrected chi connectivity index (χ1v) is 10.3. The number of aromatic nitrogens is 4. The standard InChI is InChI=1S/C22H29N5O3/c1-14-8-6-7-9-17(14)12-27-18(13-26-10-15(2)30-16(3)11-26)23-20-19(27)21(28)25(5)22(29)24(20)4/h6-9,15-16H,10-13H2,1-5H3. The Labute approximate surface area is 175 Å². The predicted molar refractivity (Wildman–Crippen MR) is 116 cm³/mol. The predicted octanol–water partition coefficient (Wildman–Crippen LogP) is 1.40. The molecule has 8 nitrogen and oxygen atoms in total. The van der Waals surface area contributed by atoms with Crippen molar-refractivity contribution < 1.29 is 4.74 Å². The molecule has 0 aliphatic carbocycles. The van der Waals surface area contributed by atoms with Crippen molar-refractivity contribution in [1.29, 1.82) is 0 Å². The van der Waals surface area contributed by atoms with Gasteiger partial charge in [0.2, 0.25) is 0 Å². The van der Waals surface area contributed by atoms with Crippen molar-refractivity contribution in [3.05, 3.63) is 62.1 Å². The number of rotatable bonds is 4. The van der Waals surface area contributed by atoms with Crippen LogP contribution >= 0.6 is 0 Å². The Morgan fingerprint density at radius 3 is 2.37 bits per heavy atom. The SMILES string of the molecule is Cc1ccccc1Cn1c(CN2CC(C)OC(C)C2)nc2c1c(=O)n(C)c(=O)n2C. The average molecular weight is 412 g/mol. The molecule has 0 bridgehead atoms. The Balaban J connectivity index is 1.87. The highest BCUT2D eigenvalue weighted by molar-refractivity contribution is 5.71. The smallest absolute Gasteiger partial charge is 0.332 e. The van der Waals surface area contributed by atoms with Gasteiger partial charge in [0.25, 0.3) is 5.56 Å². The van der Waals surface area contributed by atoms with Gasteiger partial charge in [-0.15, -0.1) is 0 Å². The lowest BCUT2D eigenvalue weighted by Crippen LogP contribution is -2.45. The van der Waals surface area contributed by atoms with Crippen molar-refractivity contribution in [2.24, 2.45) is 14.1 Å². The highest BCUT2D eigenvalue weighted by atomic mass is 16.5. The van der Waals surface area contributed by atoms with E-state index in [1.165, 1.54) is 11.6 Å². The van der Waals surface area contributed by atoms with Crippen LogP contribution in [0.4, 0.5) is 0 Å². The van der Waals surface area contributed by atoms with E-state index in [9.17, 15) is 9.59 Å². The van der Waals surface area contributed by atoms with Gasteiger partial charge in [-0.25, -0.2) is 9.78 Å². The molecular weight excluding hydrogens is 382 g/mol. The average Bonchev–Trinajstić information content (AvgIpc) is 3.04. The number of imidazole rings is 1. The highest BCUT2D eigenvalue weighted by Crippen LogP contribution is 2.19. The van der Waals surface area contributed by atoms with E-state index in [1.807, 2.05) is 16.7 Å². The molecule has 0 radical (unpaired) electrons. The Morgan fingerprint density at radius 2 is 1.70 bits per heavy atom. The molecule has 1 aliphatic rings. The molecule has 1 saturated heterocycles. The zero-order valence-electron chi connectivity index (χ0n) is 18.3. The molecule has 3 heterocycles. The van der Waals surface area contributed by atoms with Crippen LogP contribution in [0.1, 0.15) is 30.8 Å². The van der Waals surface area contributed by atoms with Crippen LogP contribution in [0.5, 0.6) is 0 Å². The van der Waals surface area contributed by atoms with Crippen LogP contribution in [-0.2, 0) is 31.9 Å². The van der Waals surface area contributed by atoms with Gasteiger partial charge in [0.15, 0.2) is 11.2 Å². The summed E-state index contributed by atoms with van der Waals surface area (Å²) in [5.41, 5.74) is 2.49. The third-order valence-corrected chi connectivity index (χ3v) is 5.88. The molecule has 2 unspecified atom stereocenters. The molecule has 0 amide bonds. The van der Waals surface area contributed by atoms with Crippen LogP contribution in [0.2, 0.25) is 0 Å². The Morgan fingerprint density at radius 1 is 1.03 bits per heavy atom. The lowest BCUT2D eigenvalue weighted by molar-refractivity contribution is -0.0712. The van der Waals surface area contributed by atoms with Crippen LogP contribution < -0.4 is 11.2 Å². The summed E-state index contributed by atoms with van der Waals surface area (Å²) in [5, 5.41) is 0. The van der Waals surface area contributed by atoms with E-state index in [0.717, 1.165) is 34.6 Å². The monoisotopic (exact) mass is 411 g/mol. The number of aryl methyl sites for hydroxylation is 2. The minimum absolute atomic E-state index is 0.139. The minimum atomic E-state index is -0.367. The van der Waals surface area contributed by atoms with E-state index in [1.54, 1.807) is 7.05 Å². The van der Waals surface area contributed by atoms with Crippen molar-refractivity contribution in [3.8, 4) is 0 Å². The fourth-order valence-corrected chi connectivity index (χ4v) is 4.35. The molecule has 30 heavy (non-hydrogen) atoms. The second kappa shape index (κ2) is 7.85. The lowest BCUT2D eigenvalue weighted by atomic mass is 10.1. The van der Waals surface area contributed by atoms with Crippen LogP contribution in [0, 0.1) is 6.92 Å². The Hall–Kier alpha value is -2.71. The third-order valence-electron chi connectivity index (χ3n) is 5.88. The second-order valence-electron chi connectivity index (χ2n) is 8.37. The number of benzene rings is 1. The molecule has 0 saturated carbocycles. The lowest BCUT2D eigenvalue weighted by Gasteiger charge is -2.35. The van der Waals surface area contributed by atoms with Crippen LogP contribution in [0.3, 0.4) is 0 Å². The van der Waals surface area contributed by atoms with Crippen LogP contribution in [-0.4, -0.2) is 48.9 Å². The fraction of sp³-hybridized carbons (Fsp3) is 0.500. The van der Waals surface area contributed by atoms with E-state index in [2.05, 4.69) is 37.8 Å². The van der Waals surface area contributed by atoms with Crippen molar-refractivity contribution in [3.63, 3.8) is 0 Å². The van der Waals surface area contributed by atoms with Crippen molar-refractivity contribution >= 4 is 11.2 Å². The van der Waals surface area contributed by atoms with Crippen LogP contribution in [0.25, 0.3) is 11.2 Å². The third kappa shape index (κ3) is 3.61. The maximum atomic E-state index is 13.1. The first kappa shape index (κ1) is 20.6. The Kier molecular flexibility index (Phi) is 5.38. The van der Waals surface area contributed by atoms with E-state index < -0.39 is 0 Å². The first-order chi connectivity index (χ1) is 14.3. The molecule has 0 N–H and O–H groups in total. The number of ether oxygens (including phenoxy) is 1. The molecule has 160 valence electrons. The number of hydrogen-bond acceptors (Lipinski definition) is 5. The number of fused-ring (bicyclic) bond motifs is 1.